The van der Waals surface area contributed by atoms with Crippen LogP contribution in [0.2, 0.25) is 5.28 Å². The molecular weight excluding hydrogens is 278 g/mol. The summed E-state index contributed by atoms with van der Waals surface area (Å²) in [6, 6.07) is 9.79. The third kappa shape index (κ3) is 2.55. The predicted octanol–water partition coefficient (Wildman–Crippen LogP) is 2.53. The van der Waals surface area contributed by atoms with Crippen LogP contribution in [0.4, 0.5) is 0 Å². The molecule has 0 bridgehead atoms. The standard InChI is InChI=1S/C13H12ClN5O/c1-9-15-11(18-20-9)7-8-19-12(16-17-13(19)14)10-5-3-2-4-6-10/h2-6H,7-8H2,1H3. The SMILES string of the molecule is Cc1nc(CCn2c(Cl)nnc2-c2ccccc2)no1. The first-order valence-corrected chi connectivity index (χ1v) is 6.55. The number of aryl methyl sites for hydroxylation is 2. The van der Waals surface area contributed by atoms with Crippen molar-refractivity contribution < 1.29 is 4.52 Å². The third-order valence-corrected chi connectivity index (χ3v) is 3.15. The fraction of sp³-hybridized carbons (Fsp3) is 0.231. The molecule has 2 aromatic heterocycles. The van der Waals surface area contributed by atoms with Crippen LogP contribution in [0.1, 0.15) is 11.7 Å². The van der Waals surface area contributed by atoms with Crippen molar-refractivity contribution in [3.63, 3.8) is 0 Å². The van der Waals surface area contributed by atoms with Crippen LogP contribution in [0.25, 0.3) is 11.4 Å². The van der Waals surface area contributed by atoms with E-state index < -0.39 is 0 Å². The van der Waals surface area contributed by atoms with Gasteiger partial charge in [-0.15, -0.1) is 10.2 Å². The van der Waals surface area contributed by atoms with Gasteiger partial charge < -0.3 is 4.52 Å². The van der Waals surface area contributed by atoms with Crippen LogP contribution in [-0.2, 0) is 13.0 Å². The van der Waals surface area contributed by atoms with Gasteiger partial charge in [0, 0.05) is 25.5 Å². The summed E-state index contributed by atoms with van der Waals surface area (Å²) in [5, 5.41) is 12.3. The Labute approximate surface area is 120 Å². The highest BCUT2D eigenvalue weighted by Crippen LogP contribution is 2.20. The fourth-order valence-electron chi connectivity index (χ4n) is 1.94. The molecule has 0 radical (unpaired) electrons. The molecule has 0 unspecified atom stereocenters. The Hall–Kier alpha value is -2.21. The normalized spacial score (nSPS) is 10.9. The zero-order valence-corrected chi connectivity index (χ0v) is 11.6. The van der Waals surface area contributed by atoms with Crippen molar-refractivity contribution in [3.05, 3.63) is 47.3 Å². The molecule has 0 aliphatic rings. The number of halogens is 1. The number of rotatable bonds is 4. The molecule has 0 saturated carbocycles. The molecular formula is C13H12ClN5O. The molecule has 6 nitrogen and oxygen atoms in total. The van der Waals surface area contributed by atoms with Gasteiger partial charge in [-0.3, -0.25) is 4.57 Å². The van der Waals surface area contributed by atoms with Crippen molar-refractivity contribution in [1.29, 1.82) is 0 Å². The smallest absolute Gasteiger partial charge is 0.225 e. The van der Waals surface area contributed by atoms with Gasteiger partial charge in [0.05, 0.1) is 0 Å². The summed E-state index contributed by atoms with van der Waals surface area (Å²) in [4.78, 5) is 4.17. The average molecular weight is 290 g/mol. The van der Waals surface area contributed by atoms with Gasteiger partial charge in [-0.05, 0) is 11.6 Å². The second-order valence-electron chi connectivity index (χ2n) is 4.29. The van der Waals surface area contributed by atoms with E-state index in [0.717, 1.165) is 11.4 Å². The second-order valence-corrected chi connectivity index (χ2v) is 4.63. The van der Waals surface area contributed by atoms with E-state index in [4.69, 9.17) is 16.1 Å². The Morgan fingerprint density at radius 1 is 1.20 bits per heavy atom. The molecule has 0 spiro atoms. The Bertz CT molecular complexity index is 707. The summed E-state index contributed by atoms with van der Waals surface area (Å²) in [5.41, 5.74) is 0.969. The van der Waals surface area contributed by atoms with Gasteiger partial charge in [0.1, 0.15) is 0 Å². The number of hydrogen-bond donors (Lipinski definition) is 0. The summed E-state index contributed by atoms with van der Waals surface area (Å²) in [7, 11) is 0. The Kier molecular flexibility index (Phi) is 3.47. The van der Waals surface area contributed by atoms with Gasteiger partial charge in [-0.2, -0.15) is 4.98 Å². The van der Waals surface area contributed by atoms with Crippen molar-refractivity contribution in [2.45, 2.75) is 19.9 Å². The molecule has 0 fully saturated rings. The largest absolute Gasteiger partial charge is 0.340 e. The lowest BCUT2D eigenvalue weighted by molar-refractivity contribution is 0.386. The molecule has 20 heavy (non-hydrogen) atoms. The van der Waals surface area contributed by atoms with Crippen LogP contribution in [0, 0.1) is 6.92 Å². The van der Waals surface area contributed by atoms with Crippen LogP contribution in [-0.4, -0.2) is 24.9 Å². The molecule has 0 N–H and O–H groups in total. The first-order chi connectivity index (χ1) is 9.74. The summed E-state index contributed by atoms with van der Waals surface area (Å²) in [6.07, 6.45) is 0.606. The highest BCUT2D eigenvalue weighted by atomic mass is 35.5. The van der Waals surface area contributed by atoms with Crippen LogP contribution in [0.3, 0.4) is 0 Å². The topological polar surface area (TPSA) is 69.6 Å². The zero-order chi connectivity index (χ0) is 13.9. The predicted molar refractivity (Wildman–Crippen MR) is 73.2 cm³/mol. The van der Waals surface area contributed by atoms with E-state index >= 15 is 0 Å². The molecule has 102 valence electrons. The van der Waals surface area contributed by atoms with Crippen molar-refractivity contribution in [2.75, 3.05) is 0 Å². The van der Waals surface area contributed by atoms with Crippen LogP contribution >= 0.6 is 11.6 Å². The molecule has 0 aliphatic carbocycles. The van der Waals surface area contributed by atoms with Gasteiger partial charge in [0.15, 0.2) is 11.6 Å². The molecule has 1 aromatic carbocycles. The molecule has 3 aromatic rings. The first kappa shape index (κ1) is 12.8. The number of benzene rings is 1. The Balaban J connectivity index is 1.84. The fourth-order valence-corrected chi connectivity index (χ4v) is 2.14. The van der Waals surface area contributed by atoms with E-state index in [1.807, 2.05) is 34.9 Å². The van der Waals surface area contributed by atoms with E-state index in [1.165, 1.54) is 0 Å². The first-order valence-electron chi connectivity index (χ1n) is 6.17. The molecule has 2 heterocycles. The maximum Gasteiger partial charge on any atom is 0.225 e. The van der Waals surface area contributed by atoms with Crippen molar-refractivity contribution in [2.24, 2.45) is 0 Å². The molecule has 3 rings (SSSR count). The van der Waals surface area contributed by atoms with Gasteiger partial charge >= 0.3 is 0 Å². The molecule has 0 amide bonds. The minimum atomic E-state index is 0.351. The quantitative estimate of drug-likeness (QED) is 0.738. The number of nitrogens with zero attached hydrogens (tertiary/aromatic N) is 5. The zero-order valence-electron chi connectivity index (χ0n) is 10.8. The van der Waals surface area contributed by atoms with E-state index in [1.54, 1.807) is 6.92 Å². The van der Waals surface area contributed by atoms with Gasteiger partial charge in [-0.1, -0.05) is 35.5 Å². The lowest BCUT2D eigenvalue weighted by Crippen LogP contribution is -2.05. The van der Waals surface area contributed by atoms with E-state index in [-0.39, 0.29) is 0 Å². The maximum absolute atomic E-state index is 6.09. The molecule has 0 saturated heterocycles. The molecule has 7 heteroatoms. The van der Waals surface area contributed by atoms with Gasteiger partial charge in [0.2, 0.25) is 11.2 Å². The maximum atomic E-state index is 6.09. The highest BCUT2D eigenvalue weighted by molar-refractivity contribution is 6.28. The average Bonchev–Trinajstić information content (AvgIpc) is 3.04. The number of aromatic nitrogens is 5. The van der Waals surface area contributed by atoms with E-state index in [0.29, 0.717) is 30.0 Å². The summed E-state index contributed by atoms with van der Waals surface area (Å²) < 4.78 is 6.78. The minimum Gasteiger partial charge on any atom is -0.340 e. The summed E-state index contributed by atoms with van der Waals surface area (Å²) in [6.45, 7) is 2.35. The van der Waals surface area contributed by atoms with Crippen molar-refractivity contribution in [3.8, 4) is 11.4 Å². The monoisotopic (exact) mass is 289 g/mol. The number of hydrogen-bond acceptors (Lipinski definition) is 5. The van der Waals surface area contributed by atoms with Crippen molar-refractivity contribution in [1.82, 2.24) is 24.9 Å². The molecule has 0 aliphatic heterocycles. The lowest BCUT2D eigenvalue weighted by atomic mass is 10.2. The van der Waals surface area contributed by atoms with Gasteiger partial charge in [0.25, 0.3) is 0 Å². The van der Waals surface area contributed by atoms with E-state index in [9.17, 15) is 0 Å². The van der Waals surface area contributed by atoms with Gasteiger partial charge in [-0.25, -0.2) is 0 Å². The second kappa shape index (κ2) is 5.42. The summed E-state index contributed by atoms with van der Waals surface area (Å²) >= 11 is 6.09. The Morgan fingerprint density at radius 3 is 2.70 bits per heavy atom. The van der Waals surface area contributed by atoms with Crippen LogP contribution in [0.15, 0.2) is 34.9 Å². The minimum absolute atomic E-state index is 0.351. The van der Waals surface area contributed by atoms with Crippen LogP contribution in [0.5, 0.6) is 0 Å². The lowest BCUT2D eigenvalue weighted by Gasteiger charge is -2.05. The van der Waals surface area contributed by atoms with E-state index in [2.05, 4.69) is 20.3 Å². The third-order valence-electron chi connectivity index (χ3n) is 2.87. The summed E-state index contributed by atoms with van der Waals surface area (Å²) in [5.74, 6) is 1.93. The highest BCUT2D eigenvalue weighted by Gasteiger charge is 2.13. The van der Waals surface area contributed by atoms with Crippen LogP contribution < -0.4 is 0 Å². The van der Waals surface area contributed by atoms with Crippen molar-refractivity contribution >= 4 is 11.6 Å². The Morgan fingerprint density at radius 2 is 2.00 bits per heavy atom. The molecule has 0 atom stereocenters.